The van der Waals surface area contributed by atoms with Gasteiger partial charge in [-0.15, -0.1) is 0 Å². The van der Waals surface area contributed by atoms with Crippen molar-refractivity contribution in [1.29, 1.82) is 0 Å². The zero-order valence-electron chi connectivity index (χ0n) is 13.1. The minimum atomic E-state index is -0.158. The molecular formula is C16H23BrN4O. The number of nitrogens with one attached hydrogen (secondary N) is 1. The highest BCUT2D eigenvalue weighted by molar-refractivity contribution is 9.10. The van der Waals surface area contributed by atoms with Crippen LogP contribution in [0, 0.1) is 12.8 Å². The summed E-state index contributed by atoms with van der Waals surface area (Å²) >= 11 is 3.40. The first-order valence-corrected chi connectivity index (χ1v) is 8.36. The molecule has 0 unspecified atom stereocenters. The molecule has 1 fully saturated rings. The van der Waals surface area contributed by atoms with Crippen LogP contribution in [-0.4, -0.2) is 36.4 Å². The van der Waals surface area contributed by atoms with Crippen molar-refractivity contribution in [3.8, 4) is 0 Å². The number of piperidine rings is 1. The maximum absolute atomic E-state index is 12.0. The van der Waals surface area contributed by atoms with Gasteiger partial charge in [0.15, 0.2) is 5.96 Å². The molecule has 1 aromatic carbocycles. The Morgan fingerprint density at radius 1 is 1.45 bits per heavy atom. The van der Waals surface area contributed by atoms with E-state index in [-0.39, 0.29) is 12.5 Å². The van der Waals surface area contributed by atoms with Gasteiger partial charge in [0, 0.05) is 23.2 Å². The van der Waals surface area contributed by atoms with E-state index in [2.05, 4.69) is 38.1 Å². The van der Waals surface area contributed by atoms with Crippen molar-refractivity contribution in [3.05, 3.63) is 28.2 Å². The summed E-state index contributed by atoms with van der Waals surface area (Å²) in [7, 11) is 0. The Balaban J connectivity index is 1.89. The number of aliphatic imine (C=N–C) groups is 1. The van der Waals surface area contributed by atoms with Crippen molar-refractivity contribution in [3.63, 3.8) is 0 Å². The summed E-state index contributed by atoms with van der Waals surface area (Å²) in [6.07, 6.45) is 2.25. The van der Waals surface area contributed by atoms with Crippen LogP contribution in [0.4, 0.5) is 5.69 Å². The van der Waals surface area contributed by atoms with Crippen LogP contribution in [0.5, 0.6) is 0 Å². The second-order valence-electron chi connectivity index (χ2n) is 5.85. The van der Waals surface area contributed by atoms with Gasteiger partial charge in [0.1, 0.15) is 6.54 Å². The van der Waals surface area contributed by atoms with E-state index < -0.39 is 0 Å². The van der Waals surface area contributed by atoms with E-state index in [9.17, 15) is 4.79 Å². The molecule has 1 aliphatic heterocycles. The number of nitrogens with zero attached hydrogens (tertiary/aromatic N) is 2. The lowest BCUT2D eigenvalue weighted by atomic mass is 10.00. The van der Waals surface area contributed by atoms with Gasteiger partial charge in [0.2, 0.25) is 5.91 Å². The van der Waals surface area contributed by atoms with Gasteiger partial charge in [0.05, 0.1) is 0 Å². The third-order valence-corrected chi connectivity index (χ3v) is 4.46. The number of rotatable bonds is 3. The lowest BCUT2D eigenvalue weighted by molar-refractivity contribution is -0.114. The van der Waals surface area contributed by atoms with Crippen LogP contribution in [0.1, 0.15) is 25.3 Å². The van der Waals surface area contributed by atoms with Gasteiger partial charge >= 0.3 is 0 Å². The molecule has 2 rings (SSSR count). The average Bonchev–Trinajstić information content (AvgIpc) is 2.49. The highest BCUT2D eigenvalue weighted by atomic mass is 79.9. The van der Waals surface area contributed by atoms with Gasteiger partial charge in [-0.25, -0.2) is 4.99 Å². The number of aryl methyl sites for hydroxylation is 1. The first kappa shape index (κ1) is 16.8. The molecule has 1 aromatic rings. The van der Waals surface area contributed by atoms with Crippen molar-refractivity contribution < 1.29 is 4.79 Å². The normalized spacial score (nSPS) is 16.7. The van der Waals surface area contributed by atoms with Crippen LogP contribution in [0.3, 0.4) is 0 Å². The molecule has 0 spiro atoms. The second kappa shape index (κ2) is 7.63. The fourth-order valence-corrected chi connectivity index (χ4v) is 2.77. The van der Waals surface area contributed by atoms with E-state index in [1.165, 1.54) is 0 Å². The molecule has 0 saturated carbocycles. The fourth-order valence-electron chi connectivity index (χ4n) is 2.41. The molecule has 22 heavy (non-hydrogen) atoms. The Morgan fingerprint density at radius 3 is 2.82 bits per heavy atom. The Bertz CT molecular complexity index is 565. The molecule has 6 heteroatoms. The topological polar surface area (TPSA) is 70.7 Å². The van der Waals surface area contributed by atoms with Crippen molar-refractivity contribution in [1.82, 2.24) is 4.90 Å². The Morgan fingerprint density at radius 2 is 2.14 bits per heavy atom. The quantitative estimate of drug-likeness (QED) is 0.638. The summed E-state index contributed by atoms with van der Waals surface area (Å²) in [4.78, 5) is 18.3. The first-order valence-electron chi connectivity index (χ1n) is 7.56. The molecular weight excluding hydrogens is 344 g/mol. The number of anilines is 1. The predicted molar refractivity (Wildman–Crippen MR) is 94.0 cm³/mol. The van der Waals surface area contributed by atoms with Crippen LogP contribution in [0.2, 0.25) is 0 Å². The predicted octanol–water partition coefficient (Wildman–Crippen LogP) is 2.74. The number of nitrogens with two attached hydrogens (primary N) is 1. The van der Waals surface area contributed by atoms with Crippen molar-refractivity contribution in [2.24, 2.45) is 16.6 Å². The van der Waals surface area contributed by atoms with Crippen LogP contribution in [0.25, 0.3) is 0 Å². The molecule has 1 amide bonds. The van der Waals surface area contributed by atoms with E-state index in [0.717, 1.165) is 47.6 Å². The van der Waals surface area contributed by atoms with Crippen LogP contribution >= 0.6 is 15.9 Å². The molecule has 0 aromatic heterocycles. The molecule has 5 nitrogen and oxygen atoms in total. The monoisotopic (exact) mass is 366 g/mol. The molecule has 1 heterocycles. The van der Waals surface area contributed by atoms with E-state index in [4.69, 9.17) is 5.73 Å². The molecule has 0 aliphatic carbocycles. The van der Waals surface area contributed by atoms with Crippen molar-refractivity contribution >= 4 is 33.5 Å². The summed E-state index contributed by atoms with van der Waals surface area (Å²) in [6, 6.07) is 5.77. The SMILES string of the molecule is Cc1ccc(Br)cc1NC(=O)CN=C(N)N1CCC(C)CC1. The van der Waals surface area contributed by atoms with Gasteiger partial charge in [-0.3, -0.25) is 4.79 Å². The van der Waals surface area contributed by atoms with Crippen LogP contribution < -0.4 is 11.1 Å². The molecule has 1 aliphatic rings. The van der Waals surface area contributed by atoms with Gasteiger partial charge in [-0.2, -0.15) is 0 Å². The summed E-state index contributed by atoms with van der Waals surface area (Å²) in [5.41, 5.74) is 7.78. The number of likely N-dealkylation sites (tertiary alicyclic amines) is 1. The van der Waals surface area contributed by atoms with Crippen LogP contribution in [0.15, 0.2) is 27.7 Å². The Labute approximate surface area is 140 Å². The average molecular weight is 367 g/mol. The van der Waals surface area contributed by atoms with E-state index in [0.29, 0.717) is 5.96 Å². The van der Waals surface area contributed by atoms with Crippen molar-refractivity contribution in [2.75, 3.05) is 25.0 Å². The zero-order valence-corrected chi connectivity index (χ0v) is 14.7. The lowest BCUT2D eigenvalue weighted by Gasteiger charge is -2.30. The lowest BCUT2D eigenvalue weighted by Crippen LogP contribution is -2.42. The van der Waals surface area contributed by atoms with E-state index in [1.54, 1.807) is 0 Å². The minimum Gasteiger partial charge on any atom is -0.370 e. The second-order valence-corrected chi connectivity index (χ2v) is 6.77. The molecule has 1 saturated heterocycles. The van der Waals surface area contributed by atoms with E-state index in [1.807, 2.05) is 25.1 Å². The third kappa shape index (κ3) is 4.73. The number of carbonyl (C=O) groups is 1. The Hall–Kier alpha value is -1.56. The largest absolute Gasteiger partial charge is 0.370 e. The number of halogens is 1. The standard InChI is InChI=1S/C16H23BrN4O/c1-11-5-7-21(8-6-11)16(18)19-10-15(22)20-14-9-13(17)4-3-12(14)2/h3-4,9,11H,5-8,10H2,1-2H3,(H2,18,19)(H,20,22). The number of hydrogen-bond donors (Lipinski definition) is 2. The summed E-state index contributed by atoms with van der Waals surface area (Å²) in [5, 5.41) is 2.87. The Kier molecular flexibility index (Phi) is 5.83. The number of carbonyl (C=O) groups excluding carboxylic acids is 1. The molecule has 0 radical (unpaired) electrons. The number of amides is 1. The van der Waals surface area contributed by atoms with Gasteiger partial charge in [-0.1, -0.05) is 28.9 Å². The molecule has 0 bridgehead atoms. The highest BCUT2D eigenvalue weighted by Gasteiger charge is 2.17. The van der Waals surface area contributed by atoms with Gasteiger partial charge in [-0.05, 0) is 43.4 Å². The summed E-state index contributed by atoms with van der Waals surface area (Å²) in [5.74, 6) is 1.05. The zero-order chi connectivity index (χ0) is 16.1. The van der Waals surface area contributed by atoms with Gasteiger partial charge < -0.3 is 16.0 Å². The third-order valence-electron chi connectivity index (χ3n) is 3.97. The molecule has 3 N–H and O–H groups in total. The number of hydrogen-bond acceptors (Lipinski definition) is 2. The fraction of sp³-hybridized carbons (Fsp3) is 0.500. The maximum atomic E-state index is 12.0. The summed E-state index contributed by atoms with van der Waals surface area (Å²) in [6.45, 7) is 6.09. The van der Waals surface area contributed by atoms with Gasteiger partial charge in [0.25, 0.3) is 0 Å². The van der Waals surface area contributed by atoms with E-state index >= 15 is 0 Å². The first-order chi connectivity index (χ1) is 10.5. The molecule has 120 valence electrons. The smallest absolute Gasteiger partial charge is 0.246 e. The summed E-state index contributed by atoms with van der Waals surface area (Å²) < 4.78 is 0.929. The number of guanidine groups is 1. The highest BCUT2D eigenvalue weighted by Crippen LogP contribution is 2.20. The van der Waals surface area contributed by atoms with Crippen molar-refractivity contribution in [2.45, 2.75) is 26.7 Å². The minimum absolute atomic E-state index is 0.0455. The van der Waals surface area contributed by atoms with Crippen LogP contribution in [-0.2, 0) is 4.79 Å². The maximum Gasteiger partial charge on any atom is 0.246 e. The number of benzene rings is 1. The molecule has 0 atom stereocenters.